The molecule has 0 saturated carbocycles. The van der Waals surface area contributed by atoms with Crippen molar-refractivity contribution in [2.24, 2.45) is 5.92 Å². The van der Waals surface area contributed by atoms with Crippen molar-refractivity contribution in [1.82, 2.24) is 10.6 Å². The third-order valence-electron chi connectivity index (χ3n) is 4.28. The van der Waals surface area contributed by atoms with Crippen molar-refractivity contribution < 1.29 is 18.0 Å². The van der Waals surface area contributed by atoms with Crippen molar-refractivity contribution >= 4 is 5.91 Å². The Morgan fingerprint density at radius 2 is 1.91 bits per heavy atom. The lowest BCUT2D eigenvalue weighted by atomic mass is 9.93. The maximum absolute atomic E-state index is 12.9. The summed E-state index contributed by atoms with van der Waals surface area (Å²) in [5.74, 6) is 0.501. The van der Waals surface area contributed by atoms with Gasteiger partial charge in [-0.3, -0.25) is 4.79 Å². The summed E-state index contributed by atoms with van der Waals surface area (Å²) in [6, 6.07) is 5.51. The Bertz CT molecular complexity index is 511. The van der Waals surface area contributed by atoms with Crippen LogP contribution in [0.25, 0.3) is 0 Å². The van der Waals surface area contributed by atoms with Gasteiger partial charge < -0.3 is 10.6 Å². The Morgan fingerprint density at radius 3 is 2.61 bits per heavy atom. The largest absolute Gasteiger partial charge is 0.416 e. The summed E-state index contributed by atoms with van der Waals surface area (Å²) in [7, 11) is 0. The van der Waals surface area contributed by atoms with Crippen molar-refractivity contribution in [3.8, 4) is 0 Å². The van der Waals surface area contributed by atoms with Crippen LogP contribution < -0.4 is 10.6 Å². The van der Waals surface area contributed by atoms with E-state index in [2.05, 4.69) is 10.6 Å². The molecular weight excluding hydrogens is 305 g/mol. The number of piperidine rings is 1. The third kappa shape index (κ3) is 5.86. The Hall–Kier alpha value is -1.56. The number of hydrogen-bond acceptors (Lipinski definition) is 2. The van der Waals surface area contributed by atoms with Gasteiger partial charge in [0.05, 0.1) is 5.56 Å². The number of carbonyl (C=O) groups is 1. The minimum atomic E-state index is -4.35. The molecule has 3 nitrogen and oxygen atoms in total. The number of halogens is 3. The maximum atomic E-state index is 12.9. The second kappa shape index (κ2) is 8.34. The van der Waals surface area contributed by atoms with Crippen LogP contribution >= 0.6 is 0 Å². The quantitative estimate of drug-likeness (QED) is 0.842. The Balaban J connectivity index is 1.73. The number of amides is 1. The van der Waals surface area contributed by atoms with E-state index in [0.29, 0.717) is 12.3 Å². The molecule has 0 atom stereocenters. The van der Waals surface area contributed by atoms with Crippen LogP contribution in [0.3, 0.4) is 0 Å². The number of carbonyl (C=O) groups excluding carboxylic acids is 1. The smallest absolute Gasteiger partial charge is 0.356 e. The van der Waals surface area contributed by atoms with Crippen molar-refractivity contribution in [2.45, 2.75) is 38.3 Å². The number of nitrogens with one attached hydrogen (secondary N) is 2. The zero-order valence-corrected chi connectivity index (χ0v) is 13.1. The molecule has 2 rings (SSSR count). The molecule has 23 heavy (non-hydrogen) atoms. The highest BCUT2D eigenvalue weighted by Gasteiger charge is 2.32. The molecule has 1 aliphatic heterocycles. The van der Waals surface area contributed by atoms with E-state index in [1.54, 1.807) is 6.07 Å². The van der Waals surface area contributed by atoms with Gasteiger partial charge in [0.1, 0.15) is 0 Å². The monoisotopic (exact) mass is 328 g/mol. The van der Waals surface area contributed by atoms with Crippen molar-refractivity contribution in [1.29, 1.82) is 0 Å². The fourth-order valence-electron chi connectivity index (χ4n) is 2.95. The van der Waals surface area contributed by atoms with Crippen LogP contribution in [0.15, 0.2) is 24.3 Å². The van der Waals surface area contributed by atoms with Crippen LogP contribution in [0.5, 0.6) is 0 Å². The average molecular weight is 328 g/mol. The van der Waals surface area contributed by atoms with Gasteiger partial charge in [0.25, 0.3) is 0 Å². The third-order valence-corrected chi connectivity index (χ3v) is 4.28. The molecule has 1 fully saturated rings. The predicted molar refractivity (Wildman–Crippen MR) is 83.0 cm³/mol. The predicted octanol–water partition coefficient (Wildman–Crippen LogP) is 3.14. The summed E-state index contributed by atoms with van der Waals surface area (Å²) in [6.07, 6.45) is -0.679. The van der Waals surface area contributed by atoms with Gasteiger partial charge in [-0.2, -0.15) is 13.2 Å². The zero-order chi connectivity index (χ0) is 16.7. The fraction of sp³-hybridized carbons (Fsp3) is 0.588. The lowest BCUT2D eigenvalue weighted by Crippen LogP contribution is -2.30. The van der Waals surface area contributed by atoms with Gasteiger partial charge in [-0.05, 0) is 56.3 Å². The molecule has 0 aliphatic carbocycles. The molecule has 128 valence electrons. The van der Waals surface area contributed by atoms with Gasteiger partial charge in [0, 0.05) is 13.0 Å². The lowest BCUT2D eigenvalue weighted by Gasteiger charge is -2.22. The second-order valence-corrected chi connectivity index (χ2v) is 5.99. The van der Waals surface area contributed by atoms with Crippen LogP contribution in [-0.2, 0) is 17.4 Å². The number of alkyl halides is 3. The van der Waals surface area contributed by atoms with Gasteiger partial charge in [-0.1, -0.05) is 18.2 Å². The molecule has 1 amide bonds. The fourth-order valence-corrected chi connectivity index (χ4v) is 2.95. The Kier molecular flexibility index (Phi) is 6.45. The summed E-state index contributed by atoms with van der Waals surface area (Å²) >= 11 is 0. The Morgan fingerprint density at radius 1 is 1.22 bits per heavy atom. The summed E-state index contributed by atoms with van der Waals surface area (Å²) in [6.45, 7) is 2.24. The van der Waals surface area contributed by atoms with Crippen molar-refractivity contribution in [2.75, 3.05) is 19.6 Å². The van der Waals surface area contributed by atoms with Gasteiger partial charge in [-0.25, -0.2) is 0 Å². The highest BCUT2D eigenvalue weighted by Crippen LogP contribution is 2.31. The van der Waals surface area contributed by atoms with E-state index in [0.717, 1.165) is 38.4 Å². The highest BCUT2D eigenvalue weighted by molar-refractivity contribution is 5.75. The van der Waals surface area contributed by atoms with Gasteiger partial charge in [-0.15, -0.1) is 0 Å². The second-order valence-electron chi connectivity index (χ2n) is 5.99. The molecule has 1 saturated heterocycles. The van der Waals surface area contributed by atoms with Crippen LogP contribution in [0, 0.1) is 5.92 Å². The van der Waals surface area contributed by atoms with E-state index in [1.165, 1.54) is 12.1 Å². The molecule has 0 aromatic heterocycles. The van der Waals surface area contributed by atoms with Crippen LogP contribution in [0.2, 0.25) is 0 Å². The van der Waals surface area contributed by atoms with Crippen LogP contribution in [-0.4, -0.2) is 25.5 Å². The Labute approximate surface area is 134 Å². The summed E-state index contributed by atoms with van der Waals surface area (Å²) in [5, 5.41) is 6.01. The molecule has 2 N–H and O–H groups in total. The maximum Gasteiger partial charge on any atom is 0.416 e. The van der Waals surface area contributed by atoms with E-state index in [-0.39, 0.29) is 24.4 Å². The van der Waals surface area contributed by atoms with Crippen molar-refractivity contribution in [3.05, 3.63) is 35.4 Å². The van der Waals surface area contributed by atoms with Gasteiger partial charge in [0.15, 0.2) is 0 Å². The number of hydrogen-bond donors (Lipinski definition) is 2. The van der Waals surface area contributed by atoms with E-state index in [1.807, 2.05) is 0 Å². The van der Waals surface area contributed by atoms with Crippen molar-refractivity contribution in [3.63, 3.8) is 0 Å². The molecule has 1 aromatic carbocycles. The molecule has 1 aliphatic rings. The van der Waals surface area contributed by atoms with Gasteiger partial charge in [0.2, 0.25) is 5.91 Å². The first-order valence-electron chi connectivity index (χ1n) is 8.09. The first-order valence-corrected chi connectivity index (χ1v) is 8.09. The van der Waals surface area contributed by atoms with E-state index in [9.17, 15) is 18.0 Å². The normalized spacial score (nSPS) is 16.3. The molecule has 0 spiro atoms. The summed E-state index contributed by atoms with van der Waals surface area (Å²) < 4.78 is 38.6. The minimum absolute atomic E-state index is 0.0759. The minimum Gasteiger partial charge on any atom is -0.356 e. The van der Waals surface area contributed by atoms with E-state index < -0.39 is 11.7 Å². The van der Waals surface area contributed by atoms with E-state index >= 15 is 0 Å². The summed E-state index contributed by atoms with van der Waals surface area (Å²) in [4.78, 5) is 11.8. The van der Waals surface area contributed by atoms with E-state index in [4.69, 9.17) is 0 Å². The summed E-state index contributed by atoms with van der Waals surface area (Å²) in [5.41, 5.74) is -0.400. The lowest BCUT2D eigenvalue weighted by molar-refractivity contribution is -0.138. The molecule has 0 radical (unpaired) electrons. The molecule has 1 heterocycles. The number of benzene rings is 1. The zero-order valence-electron chi connectivity index (χ0n) is 13.1. The SMILES string of the molecule is O=C(CCC1CCNCC1)NCCc1ccccc1C(F)(F)F. The number of rotatable bonds is 6. The molecular formula is C17H23F3N2O. The molecule has 6 heteroatoms. The topological polar surface area (TPSA) is 41.1 Å². The first kappa shape index (κ1) is 17.8. The van der Waals surface area contributed by atoms with Crippen LogP contribution in [0.4, 0.5) is 13.2 Å². The standard InChI is InChI=1S/C17H23F3N2O/c18-17(19,20)15-4-2-1-3-14(15)9-12-22-16(23)6-5-13-7-10-21-11-8-13/h1-4,13,21H,5-12H2,(H,22,23). The average Bonchev–Trinajstić information content (AvgIpc) is 2.53. The first-order chi connectivity index (χ1) is 11.0. The van der Waals surface area contributed by atoms with Crippen LogP contribution in [0.1, 0.15) is 36.8 Å². The van der Waals surface area contributed by atoms with Gasteiger partial charge >= 0.3 is 6.18 Å². The molecule has 0 bridgehead atoms. The molecule has 0 unspecified atom stereocenters. The molecule has 1 aromatic rings. The highest BCUT2D eigenvalue weighted by atomic mass is 19.4.